The van der Waals surface area contributed by atoms with Crippen molar-refractivity contribution in [1.29, 1.82) is 0 Å². The zero-order valence-corrected chi connectivity index (χ0v) is 15.8. The number of nitrogens with one attached hydrogen (secondary N) is 2. The molecule has 25 heavy (non-hydrogen) atoms. The first-order valence-electron chi connectivity index (χ1n) is 8.20. The first kappa shape index (κ1) is 17.8. The average molecular weight is 376 g/mol. The summed E-state index contributed by atoms with van der Waals surface area (Å²) >= 11 is 5.58. The number of nitrogens with zero attached hydrogens (tertiary/aromatic N) is 1. The van der Waals surface area contributed by atoms with E-state index in [1.165, 1.54) is 5.56 Å². The topological polar surface area (TPSA) is 61.4 Å². The van der Waals surface area contributed by atoms with Crippen LogP contribution in [0.2, 0.25) is 0 Å². The molecule has 0 saturated carbocycles. The van der Waals surface area contributed by atoms with E-state index in [0.29, 0.717) is 11.7 Å². The largest absolute Gasteiger partial charge is 0.332 e. The lowest BCUT2D eigenvalue weighted by atomic mass is 10.1. The van der Waals surface area contributed by atoms with Gasteiger partial charge < -0.3 is 10.2 Å². The summed E-state index contributed by atoms with van der Waals surface area (Å²) in [5, 5.41) is 3.82. The number of fused-ring (bicyclic) bond motifs is 1. The summed E-state index contributed by atoms with van der Waals surface area (Å²) in [5.74, 6) is 0. The van der Waals surface area contributed by atoms with Crippen molar-refractivity contribution < 1.29 is 8.42 Å². The molecule has 3 rings (SSSR count). The van der Waals surface area contributed by atoms with E-state index in [1.807, 2.05) is 12.1 Å². The van der Waals surface area contributed by atoms with Crippen molar-refractivity contribution in [2.75, 3.05) is 16.8 Å². The third-order valence-corrected chi connectivity index (χ3v) is 6.04. The summed E-state index contributed by atoms with van der Waals surface area (Å²) in [5.41, 5.74) is 3.17. The van der Waals surface area contributed by atoms with E-state index in [4.69, 9.17) is 12.2 Å². The predicted molar refractivity (Wildman–Crippen MR) is 106 cm³/mol. The number of sulfonamides is 1. The molecule has 132 valence electrons. The average Bonchev–Trinajstić information content (AvgIpc) is 2.91. The molecule has 0 amide bonds. The lowest BCUT2D eigenvalue weighted by Crippen LogP contribution is -2.38. The fourth-order valence-corrected chi connectivity index (χ4v) is 4.49. The maximum absolute atomic E-state index is 12.0. The molecule has 5 nitrogen and oxygen atoms in total. The van der Waals surface area contributed by atoms with E-state index in [0.717, 1.165) is 17.8 Å². The van der Waals surface area contributed by atoms with Gasteiger partial charge in [0, 0.05) is 24.0 Å². The Morgan fingerprint density at radius 1 is 1.20 bits per heavy atom. The maximum atomic E-state index is 12.0. The van der Waals surface area contributed by atoms with Crippen LogP contribution in [0.25, 0.3) is 0 Å². The summed E-state index contributed by atoms with van der Waals surface area (Å²) in [4.78, 5) is 2.35. The Labute approximate surface area is 154 Å². The van der Waals surface area contributed by atoms with E-state index >= 15 is 0 Å². The second-order valence-electron chi connectivity index (χ2n) is 6.01. The van der Waals surface area contributed by atoms with Crippen LogP contribution in [-0.4, -0.2) is 26.1 Å². The van der Waals surface area contributed by atoms with Crippen LogP contribution in [0.4, 0.5) is 11.4 Å². The number of hydrogen-bond acceptors (Lipinski definition) is 3. The second kappa shape index (κ2) is 7.11. The molecule has 2 aromatic rings. The molecular formula is C18H21N3O2S2. The van der Waals surface area contributed by atoms with Crippen molar-refractivity contribution in [2.24, 2.45) is 0 Å². The van der Waals surface area contributed by atoms with Gasteiger partial charge in [-0.1, -0.05) is 25.1 Å². The van der Waals surface area contributed by atoms with Crippen molar-refractivity contribution in [3.8, 4) is 0 Å². The summed E-state index contributed by atoms with van der Waals surface area (Å²) in [6.45, 7) is 4.25. The van der Waals surface area contributed by atoms with Crippen molar-refractivity contribution in [2.45, 2.75) is 31.2 Å². The predicted octanol–water partition coefficient (Wildman–Crippen LogP) is 3.13. The Hall–Kier alpha value is -1.96. The van der Waals surface area contributed by atoms with Crippen LogP contribution >= 0.6 is 12.2 Å². The fourth-order valence-electron chi connectivity index (χ4n) is 3.05. The molecule has 0 bridgehead atoms. The normalized spacial score (nSPS) is 16.6. The lowest BCUT2D eigenvalue weighted by molar-refractivity contribution is 0.584. The zero-order chi connectivity index (χ0) is 18.0. The van der Waals surface area contributed by atoms with Gasteiger partial charge in [-0.25, -0.2) is 13.1 Å². The van der Waals surface area contributed by atoms with Gasteiger partial charge in [-0.2, -0.15) is 0 Å². The van der Waals surface area contributed by atoms with Crippen LogP contribution in [0.5, 0.6) is 0 Å². The maximum Gasteiger partial charge on any atom is 0.240 e. The molecule has 0 fully saturated rings. The third-order valence-electron chi connectivity index (χ3n) is 4.18. The molecule has 1 atom stereocenters. The van der Waals surface area contributed by atoms with Gasteiger partial charge in [0.05, 0.1) is 4.90 Å². The number of para-hydroxylation sites is 1. The number of thiocarbonyl (C=S) groups is 1. The highest BCUT2D eigenvalue weighted by Gasteiger charge is 2.28. The number of benzene rings is 2. The van der Waals surface area contributed by atoms with Crippen LogP contribution in [0.15, 0.2) is 53.4 Å². The molecular weight excluding hydrogens is 354 g/mol. The molecule has 1 aliphatic rings. The first-order valence-corrected chi connectivity index (χ1v) is 10.1. The number of hydrogen-bond donors (Lipinski definition) is 2. The Balaban J connectivity index is 1.76. The van der Waals surface area contributed by atoms with Gasteiger partial charge in [0.2, 0.25) is 10.0 Å². The molecule has 0 spiro atoms. The van der Waals surface area contributed by atoms with Crippen molar-refractivity contribution in [1.82, 2.24) is 4.72 Å². The molecule has 1 heterocycles. The van der Waals surface area contributed by atoms with Crippen molar-refractivity contribution >= 4 is 38.7 Å². The van der Waals surface area contributed by atoms with Crippen LogP contribution < -0.4 is 14.9 Å². The molecule has 0 aliphatic carbocycles. The van der Waals surface area contributed by atoms with Gasteiger partial charge in [-0.15, -0.1) is 0 Å². The smallest absolute Gasteiger partial charge is 0.240 e. The first-order chi connectivity index (χ1) is 11.9. The van der Waals surface area contributed by atoms with Gasteiger partial charge in [0.25, 0.3) is 0 Å². The van der Waals surface area contributed by atoms with Gasteiger partial charge in [0.1, 0.15) is 0 Å². The highest BCUT2D eigenvalue weighted by Crippen LogP contribution is 2.32. The summed E-state index contributed by atoms with van der Waals surface area (Å²) in [7, 11) is -3.44. The van der Waals surface area contributed by atoms with Gasteiger partial charge >= 0.3 is 0 Å². The third kappa shape index (κ3) is 3.68. The minimum Gasteiger partial charge on any atom is -0.332 e. The second-order valence-corrected chi connectivity index (χ2v) is 8.16. The summed E-state index contributed by atoms with van der Waals surface area (Å²) in [6.07, 6.45) is 0.956. The fraction of sp³-hybridized carbons (Fsp3) is 0.278. The number of anilines is 2. The standard InChI is InChI=1S/C18H21N3O2S2/c1-3-19-25(22,23)16-10-8-15(9-11-16)20-18(24)21-13(2)12-14-6-4-5-7-17(14)21/h4-11,13,19H,3,12H2,1-2H3,(H,20,24)/t13-/m1/s1. The summed E-state index contributed by atoms with van der Waals surface area (Å²) in [6, 6.07) is 15.1. The zero-order valence-electron chi connectivity index (χ0n) is 14.2. The molecule has 2 aromatic carbocycles. The Morgan fingerprint density at radius 3 is 2.56 bits per heavy atom. The van der Waals surface area contributed by atoms with Gasteiger partial charge in [-0.05, 0) is 61.5 Å². The SMILES string of the molecule is CCNS(=O)(=O)c1ccc(NC(=S)N2c3ccccc3C[C@H]2C)cc1. The van der Waals surface area contributed by atoms with Crippen LogP contribution in [0, 0.1) is 0 Å². The Bertz CT molecular complexity index is 879. The van der Waals surface area contributed by atoms with E-state index in [-0.39, 0.29) is 10.9 Å². The highest BCUT2D eigenvalue weighted by molar-refractivity contribution is 7.89. The highest BCUT2D eigenvalue weighted by atomic mass is 32.2. The summed E-state index contributed by atoms with van der Waals surface area (Å²) < 4.78 is 26.5. The minimum absolute atomic E-state index is 0.241. The molecule has 1 aliphatic heterocycles. The molecule has 2 N–H and O–H groups in total. The Morgan fingerprint density at radius 2 is 1.88 bits per heavy atom. The van der Waals surface area contributed by atoms with Crippen molar-refractivity contribution in [3.05, 3.63) is 54.1 Å². The van der Waals surface area contributed by atoms with Crippen LogP contribution in [-0.2, 0) is 16.4 Å². The van der Waals surface area contributed by atoms with E-state index in [1.54, 1.807) is 31.2 Å². The van der Waals surface area contributed by atoms with Gasteiger partial charge in [-0.3, -0.25) is 0 Å². The molecule has 0 unspecified atom stereocenters. The molecule has 7 heteroatoms. The molecule has 0 radical (unpaired) electrons. The lowest BCUT2D eigenvalue weighted by Gasteiger charge is -2.26. The number of rotatable bonds is 4. The Kier molecular flexibility index (Phi) is 5.08. The molecule has 0 aromatic heterocycles. The van der Waals surface area contributed by atoms with Crippen LogP contribution in [0.3, 0.4) is 0 Å². The van der Waals surface area contributed by atoms with Gasteiger partial charge in [0.15, 0.2) is 5.11 Å². The van der Waals surface area contributed by atoms with E-state index in [2.05, 4.69) is 34.0 Å². The monoisotopic (exact) mass is 375 g/mol. The minimum atomic E-state index is -3.44. The van der Waals surface area contributed by atoms with E-state index in [9.17, 15) is 8.42 Å². The quantitative estimate of drug-likeness (QED) is 0.804. The van der Waals surface area contributed by atoms with Crippen molar-refractivity contribution in [3.63, 3.8) is 0 Å². The van der Waals surface area contributed by atoms with Crippen LogP contribution in [0.1, 0.15) is 19.4 Å². The van der Waals surface area contributed by atoms with E-state index < -0.39 is 10.0 Å². The molecule has 0 saturated heterocycles.